The molecule has 0 saturated heterocycles. The van der Waals surface area contributed by atoms with Crippen molar-refractivity contribution < 1.29 is 9.59 Å². The Morgan fingerprint density at radius 2 is 1.80 bits per heavy atom. The van der Waals surface area contributed by atoms with E-state index in [1.807, 2.05) is 20.8 Å². The summed E-state index contributed by atoms with van der Waals surface area (Å²) in [5, 5.41) is 0. The molecule has 0 aliphatic heterocycles. The first-order valence-corrected chi connectivity index (χ1v) is 4.84. The fourth-order valence-electron chi connectivity index (χ4n) is 1.17. The van der Waals surface area contributed by atoms with Gasteiger partial charge in [-0.1, -0.05) is 20.8 Å². The zero-order valence-electron chi connectivity index (χ0n) is 9.50. The Morgan fingerprint density at radius 3 is 2.13 bits per heavy atom. The van der Waals surface area contributed by atoms with Gasteiger partial charge in [0.25, 0.3) is 0 Å². The van der Waals surface area contributed by atoms with Crippen LogP contribution in [0.4, 0.5) is 0 Å². The number of hydrogen-bond donors (Lipinski definition) is 0. The predicted molar refractivity (Wildman–Crippen MR) is 58.0 cm³/mol. The summed E-state index contributed by atoms with van der Waals surface area (Å²) < 4.78 is 0. The minimum atomic E-state index is -0.417. The minimum absolute atomic E-state index is 0.0325. The second kappa shape index (κ2) is 3.93. The average Bonchev–Trinajstić information content (AvgIpc) is 2.15. The summed E-state index contributed by atoms with van der Waals surface area (Å²) in [5.74, 6) is -0.0603. The van der Waals surface area contributed by atoms with Crippen molar-refractivity contribution in [2.75, 3.05) is 0 Å². The molecule has 0 aliphatic rings. The fourth-order valence-corrected chi connectivity index (χ4v) is 1.17. The van der Waals surface area contributed by atoms with Gasteiger partial charge >= 0.3 is 0 Å². The highest BCUT2D eigenvalue weighted by atomic mass is 16.1. The van der Waals surface area contributed by atoms with Gasteiger partial charge in [-0.05, 0) is 12.1 Å². The van der Waals surface area contributed by atoms with Gasteiger partial charge < -0.3 is 0 Å². The Kier molecular flexibility index (Phi) is 3.03. The molecule has 1 aromatic heterocycles. The highest BCUT2D eigenvalue weighted by Crippen LogP contribution is 2.20. The molecule has 3 nitrogen and oxygen atoms in total. The van der Waals surface area contributed by atoms with Crippen LogP contribution in [-0.2, 0) is 0 Å². The first-order valence-electron chi connectivity index (χ1n) is 4.84. The van der Waals surface area contributed by atoms with Crippen molar-refractivity contribution >= 4 is 11.6 Å². The summed E-state index contributed by atoms with van der Waals surface area (Å²) in [6.07, 6.45) is 1.46. The molecule has 1 heterocycles. The van der Waals surface area contributed by atoms with E-state index in [0.29, 0.717) is 11.3 Å². The lowest BCUT2D eigenvalue weighted by atomic mass is 9.87. The third-order valence-electron chi connectivity index (χ3n) is 2.07. The molecule has 0 amide bonds. The molecule has 0 spiro atoms. The smallest absolute Gasteiger partial charge is 0.178 e. The molecule has 80 valence electrons. The van der Waals surface area contributed by atoms with Crippen LogP contribution in [0.15, 0.2) is 18.3 Å². The van der Waals surface area contributed by atoms with Crippen molar-refractivity contribution in [1.29, 1.82) is 0 Å². The number of pyridine rings is 1. The lowest BCUT2D eigenvalue weighted by Crippen LogP contribution is -2.20. The summed E-state index contributed by atoms with van der Waals surface area (Å²) in [6.45, 7) is 7.02. The summed E-state index contributed by atoms with van der Waals surface area (Å²) >= 11 is 0. The van der Waals surface area contributed by atoms with E-state index in [0.717, 1.165) is 0 Å². The van der Waals surface area contributed by atoms with Gasteiger partial charge in [-0.15, -0.1) is 0 Å². The van der Waals surface area contributed by atoms with E-state index in [-0.39, 0.29) is 11.6 Å². The van der Waals surface area contributed by atoms with E-state index in [1.165, 1.54) is 13.1 Å². The van der Waals surface area contributed by atoms with Crippen LogP contribution in [0.25, 0.3) is 0 Å². The van der Waals surface area contributed by atoms with Crippen molar-refractivity contribution in [3.05, 3.63) is 29.6 Å². The van der Waals surface area contributed by atoms with Crippen molar-refractivity contribution in [1.82, 2.24) is 4.98 Å². The zero-order chi connectivity index (χ0) is 11.6. The Morgan fingerprint density at radius 1 is 1.20 bits per heavy atom. The molecule has 1 rings (SSSR count). The number of carbonyl (C=O) groups is 2. The van der Waals surface area contributed by atoms with E-state index in [4.69, 9.17) is 0 Å². The first-order chi connectivity index (χ1) is 6.82. The number of Topliss-reactive ketones (excluding diaryl/α,β-unsaturated/α-hetero) is 2. The van der Waals surface area contributed by atoms with Gasteiger partial charge in [0.2, 0.25) is 0 Å². The highest BCUT2D eigenvalue weighted by Gasteiger charge is 2.23. The summed E-state index contributed by atoms with van der Waals surface area (Å²) in [5.41, 5.74) is 0.521. The molecule has 3 heteroatoms. The van der Waals surface area contributed by atoms with Crippen LogP contribution in [0.3, 0.4) is 0 Å². The molecule has 0 N–H and O–H groups in total. The maximum atomic E-state index is 11.8. The number of carbonyl (C=O) groups excluding carboxylic acids is 2. The van der Waals surface area contributed by atoms with Gasteiger partial charge in [0, 0.05) is 24.1 Å². The summed E-state index contributed by atoms with van der Waals surface area (Å²) in [6, 6.07) is 3.23. The Bertz CT molecular complexity index is 385. The van der Waals surface area contributed by atoms with Gasteiger partial charge in [-0.2, -0.15) is 0 Å². The molecule has 1 aromatic rings. The van der Waals surface area contributed by atoms with Crippen molar-refractivity contribution in [3.8, 4) is 0 Å². The molecule has 0 aromatic carbocycles. The van der Waals surface area contributed by atoms with E-state index in [1.54, 1.807) is 12.1 Å². The Labute approximate surface area is 89.5 Å². The van der Waals surface area contributed by atoms with Crippen LogP contribution >= 0.6 is 0 Å². The van der Waals surface area contributed by atoms with Crippen LogP contribution in [-0.4, -0.2) is 16.6 Å². The molecule has 0 radical (unpaired) electrons. The molecule has 15 heavy (non-hydrogen) atoms. The topological polar surface area (TPSA) is 47.0 Å². The third kappa shape index (κ3) is 2.72. The van der Waals surface area contributed by atoms with E-state index in [9.17, 15) is 9.59 Å². The van der Waals surface area contributed by atoms with Crippen LogP contribution in [0, 0.1) is 5.41 Å². The summed E-state index contributed by atoms with van der Waals surface area (Å²) in [7, 11) is 0. The van der Waals surface area contributed by atoms with E-state index in [2.05, 4.69) is 4.98 Å². The SMILES string of the molecule is CC(=O)c1ccc(C(=O)C(C)(C)C)cn1. The number of aromatic nitrogens is 1. The van der Waals surface area contributed by atoms with Gasteiger partial charge in [-0.25, -0.2) is 0 Å². The molecule has 0 saturated carbocycles. The third-order valence-corrected chi connectivity index (χ3v) is 2.07. The van der Waals surface area contributed by atoms with Gasteiger partial charge in [0.15, 0.2) is 11.6 Å². The second-order valence-electron chi connectivity index (χ2n) is 4.57. The van der Waals surface area contributed by atoms with Crippen LogP contribution in [0.1, 0.15) is 48.5 Å². The first kappa shape index (κ1) is 11.6. The number of hydrogen-bond acceptors (Lipinski definition) is 3. The van der Waals surface area contributed by atoms with E-state index >= 15 is 0 Å². The van der Waals surface area contributed by atoms with Crippen LogP contribution < -0.4 is 0 Å². The molecule has 0 fully saturated rings. The van der Waals surface area contributed by atoms with Gasteiger partial charge in [0.05, 0.1) is 0 Å². The maximum absolute atomic E-state index is 11.8. The highest BCUT2D eigenvalue weighted by molar-refractivity contribution is 6.00. The Hall–Kier alpha value is -1.51. The number of nitrogens with zero attached hydrogens (tertiary/aromatic N) is 1. The second-order valence-corrected chi connectivity index (χ2v) is 4.57. The maximum Gasteiger partial charge on any atom is 0.178 e. The van der Waals surface area contributed by atoms with Crippen molar-refractivity contribution in [2.24, 2.45) is 5.41 Å². The van der Waals surface area contributed by atoms with Crippen LogP contribution in [0.5, 0.6) is 0 Å². The number of rotatable bonds is 2. The molecule has 0 atom stereocenters. The zero-order valence-corrected chi connectivity index (χ0v) is 9.50. The largest absolute Gasteiger partial charge is 0.294 e. The average molecular weight is 205 g/mol. The normalized spacial score (nSPS) is 11.2. The lowest BCUT2D eigenvalue weighted by Gasteiger charge is -2.16. The van der Waals surface area contributed by atoms with E-state index < -0.39 is 5.41 Å². The van der Waals surface area contributed by atoms with Crippen LogP contribution in [0.2, 0.25) is 0 Å². The van der Waals surface area contributed by atoms with Crippen molar-refractivity contribution in [3.63, 3.8) is 0 Å². The standard InChI is InChI=1S/C12H15NO2/c1-8(14)10-6-5-9(7-13-10)11(15)12(2,3)4/h5-7H,1-4H3. The van der Waals surface area contributed by atoms with Gasteiger partial charge in [-0.3, -0.25) is 14.6 Å². The van der Waals surface area contributed by atoms with Crippen molar-refractivity contribution in [2.45, 2.75) is 27.7 Å². The Balaban J connectivity index is 3.00. The monoisotopic (exact) mass is 205 g/mol. The molecular weight excluding hydrogens is 190 g/mol. The van der Waals surface area contributed by atoms with Gasteiger partial charge in [0.1, 0.15) is 5.69 Å². The summed E-state index contributed by atoms with van der Waals surface area (Å²) in [4.78, 5) is 26.7. The molecule has 0 aliphatic carbocycles. The number of ketones is 2. The quantitative estimate of drug-likeness (QED) is 0.697. The molecular formula is C12H15NO2. The minimum Gasteiger partial charge on any atom is -0.294 e. The molecule has 0 bridgehead atoms. The fraction of sp³-hybridized carbons (Fsp3) is 0.417. The predicted octanol–water partition coefficient (Wildman–Crippen LogP) is 2.51. The lowest BCUT2D eigenvalue weighted by molar-refractivity contribution is 0.0857. The molecule has 0 unspecified atom stereocenters.